The molecule has 0 unspecified atom stereocenters. The Balaban J connectivity index is 1.71. The van der Waals surface area contributed by atoms with Crippen molar-refractivity contribution < 1.29 is 4.74 Å². The van der Waals surface area contributed by atoms with Gasteiger partial charge in [-0.05, 0) is 36.8 Å². The first-order chi connectivity index (χ1) is 9.38. The molecule has 0 radical (unpaired) electrons. The number of unbranched alkanes of at least 4 members (excludes halogenated alkanes) is 2. The van der Waals surface area contributed by atoms with E-state index in [1.165, 1.54) is 68.9 Å². The Morgan fingerprint density at radius 2 is 1.63 bits per heavy atom. The van der Waals surface area contributed by atoms with Crippen LogP contribution < -0.4 is 0 Å². The summed E-state index contributed by atoms with van der Waals surface area (Å²) >= 11 is 0. The Bertz CT molecular complexity index is 335. The monoisotopic (exact) mass is 260 g/mol. The van der Waals surface area contributed by atoms with E-state index in [0.717, 1.165) is 6.61 Å². The Morgan fingerprint density at radius 1 is 0.947 bits per heavy atom. The summed E-state index contributed by atoms with van der Waals surface area (Å²) < 4.78 is 6.01. The number of hydrogen-bond donors (Lipinski definition) is 0. The third-order valence-electron chi connectivity index (χ3n) is 4.13. The van der Waals surface area contributed by atoms with Gasteiger partial charge in [-0.15, -0.1) is 0 Å². The van der Waals surface area contributed by atoms with Gasteiger partial charge in [0.25, 0.3) is 0 Å². The summed E-state index contributed by atoms with van der Waals surface area (Å²) in [5, 5.41) is 0. The maximum Gasteiger partial charge on any atom is 0.0720 e. The fraction of sp³-hybridized carbons (Fsp3) is 0.667. The highest BCUT2D eigenvalue weighted by atomic mass is 16.5. The van der Waals surface area contributed by atoms with Crippen LogP contribution in [0.5, 0.6) is 0 Å². The first-order valence-electron chi connectivity index (χ1n) is 8.08. The maximum atomic E-state index is 6.01. The molecule has 1 aliphatic carbocycles. The number of aryl methyl sites for hydroxylation is 1. The van der Waals surface area contributed by atoms with Crippen LogP contribution in [-0.2, 0) is 17.8 Å². The van der Waals surface area contributed by atoms with Crippen LogP contribution in [0.4, 0.5) is 0 Å². The highest BCUT2D eigenvalue weighted by molar-refractivity contribution is 5.22. The van der Waals surface area contributed by atoms with Gasteiger partial charge in [0, 0.05) is 0 Å². The molecule has 0 amide bonds. The molecule has 1 fully saturated rings. The highest BCUT2D eigenvalue weighted by Crippen LogP contribution is 2.21. The summed E-state index contributed by atoms with van der Waals surface area (Å²) in [4.78, 5) is 0. The average molecular weight is 260 g/mol. The van der Waals surface area contributed by atoms with Gasteiger partial charge in [-0.25, -0.2) is 0 Å². The van der Waals surface area contributed by atoms with E-state index in [1.54, 1.807) is 0 Å². The molecule has 1 heteroatoms. The summed E-state index contributed by atoms with van der Waals surface area (Å²) in [7, 11) is 0. The lowest BCUT2D eigenvalue weighted by atomic mass is 9.98. The average Bonchev–Trinajstić information content (AvgIpc) is 2.48. The van der Waals surface area contributed by atoms with Crippen molar-refractivity contribution in [2.24, 2.45) is 0 Å². The molecule has 0 aromatic heterocycles. The fourth-order valence-corrected chi connectivity index (χ4v) is 2.83. The van der Waals surface area contributed by atoms with Crippen LogP contribution in [-0.4, -0.2) is 6.10 Å². The molecule has 0 spiro atoms. The van der Waals surface area contributed by atoms with Crippen LogP contribution in [0.15, 0.2) is 24.3 Å². The third-order valence-corrected chi connectivity index (χ3v) is 4.13. The molecule has 0 aliphatic heterocycles. The van der Waals surface area contributed by atoms with Crippen molar-refractivity contribution in [1.29, 1.82) is 0 Å². The van der Waals surface area contributed by atoms with E-state index in [0.29, 0.717) is 6.10 Å². The maximum absolute atomic E-state index is 6.01. The number of hydrogen-bond acceptors (Lipinski definition) is 1. The molecule has 19 heavy (non-hydrogen) atoms. The predicted octanol–water partition coefficient (Wildman–Crippen LogP) is 5.27. The summed E-state index contributed by atoms with van der Waals surface area (Å²) in [5.74, 6) is 0. The van der Waals surface area contributed by atoms with Crippen LogP contribution >= 0.6 is 0 Å². The largest absolute Gasteiger partial charge is 0.374 e. The van der Waals surface area contributed by atoms with Gasteiger partial charge >= 0.3 is 0 Å². The molecule has 1 aromatic rings. The summed E-state index contributed by atoms with van der Waals surface area (Å²) in [6.45, 7) is 3.05. The van der Waals surface area contributed by atoms with Crippen molar-refractivity contribution in [3.63, 3.8) is 0 Å². The molecular formula is C18H28O. The molecule has 0 atom stereocenters. The summed E-state index contributed by atoms with van der Waals surface area (Å²) in [6, 6.07) is 9.03. The molecule has 2 rings (SSSR count). The third kappa shape index (κ3) is 5.36. The Labute approximate surface area is 118 Å². The molecule has 1 aromatic carbocycles. The van der Waals surface area contributed by atoms with E-state index < -0.39 is 0 Å². The lowest BCUT2D eigenvalue weighted by Gasteiger charge is -2.22. The van der Waals surface area contributed by atoms with Crippen molar-refractivity contribution in [3.05, 3.63) is 35.4 Å². The molecule has 0 heterocycles. The van der Waals surface area contributed by atoms with Gasteiger partial charge in [-0.2, -0.15) is 0 Å². The normalized spacial score (nSPS) is 16.7. The molecule has 1 aliphatic rings. The summed E-state index contributed by atoms with van der Waals surface area (Å²) in [6.07, 6.45) is 12.3. The lowest BCUT2D eigenvalue weighted by molar-refractivity contribution is 0.0169. The minimum Gasteiger partial charge on any atom is -0.374 e. The van der Waals surface area contributed by atoms with E-state index in [1.807, 2.05) is 0 Å². The Hall–Kier alpha value is -0.820. The molecular weight excluding hydrogens is 232 g/mol. The lowest BCUT2D eigenvalue weighted by Crippen LogP contribution is -2.16. The second-order valence-electron chi connectivity index (χ2n) is 5.84. The van der Waals surface area contributed by atoms with Crippen molar-refractivity contribution in [2.45, 2.75) is 77.4 Å². The second kappa shape index (κ2) is 8.37. The molecule has 1 nitrogen and oxygen atoms in total. The van der Waals surface area contributed by atoms with Gasteiger partial charge < -0.3 is 4.74 Å². The minimum atomic E-state index is 0.512. The zero-order valence-corrected chi connectivity index (χ0v) is 12.4. The highest BCUT2D eigenvalue weighted by Gasteiger charge is 2.13. The number of ether oxygens (including phenoxy) is 1. The molecule has 0 saturated heterocycles. The minimum absolute atomic E-state index is 0.512. The van der Waals surface area contributed by atoms with Gasteiger partial charge in [0.2, 0.25) is 0 Å². The molecule has 106 valence electrons. The van der Waals surface area contributed by atoms with Crippen LogP contribution in [0.3, 0.4) is 0 Å². The van der Waals surface area contributed by atoms with Crippen LogP contribution in [0.2, 0.25) is 0 Å². The number of rotatable bonds is 7. The van der Waals surface area contributed by atoms with Crippen molar-refractivity contribution >= 4 is 0 Å². The zero-order valence-electron chi connectivity index (χ0n) is 12.4. The van der Waals surface area contributed by atoms with E-state index in [4.69, 9.17) is 4.74 Å². The standard InChI is InChI=1S/C18H28O/c1-2-3-5-8-16-11-13-17(14-12-16)15-19-18-9-6-4-7-10-18/h11-14,18H,2-10,15H2,1H3. The fourth-order valence-electron chi connectivity index (χ4n) is 2.83. The number of benzene rings is 1. The second-order valence-corrected chi connectivity index (χ2v) is 5.84. The Morgan fingerprint density at radius 3 is 2.32 bits per heavy atom. The molecule has 1 saturated carbocycles. The van der Waals surface area contributed by atoms with Crippen molar-refractivity contribution in [1.82, 2.24) is 0 Å². The first-order valence-corrected chi connectivity index (χ1v) is 8.08. The van der Waals surface area contributed by atoms with Gasteiger partial charge in [0.15, 0.2) is 0 Å². The van der Waals surface area contributed by atoms with Crippen LogP contribution in [0.1, 0.15) is 69.4 Å². The van der Waals surface area contributed by atoms with Gasteiger partial charge in [0.05, 0.1) is 12.7 Å². The smallest absolute Gasteiger partial charge is 0.0720 e. The van der Waals surface area contributed by atoms with E-state index in [2.05, 4.69) is 31.2 Å². The van der Waals surface area contributed by atoms with Gasteiger partial charge in [0.1, 0.15) is 0 Å². The van der Waals surface area contributed by atoms with Gasteiger partial charge in [-0.1, -0.05) is 63.3 Å². The van der Waals surface area contributed by atoms with Gasteiger partial charge in [-0.3, -0.25) is 0 Å². The van der Waals surface area contributed by atoms with E-state index >= 15 is 0 Å². The Kier molecular flexibility index (Phi) is 6.43. The quantitative estimate of drug-likeness (QED) is 0.607. The van der Waals surface area contributed by atoms with E-state index in [9.17, 15) is 0 Å². The SMILES string of the molecule is CCCCCc1ccc(COC2CCCCC2)cc1. The first kappa shape index (κ1) is 14.6. The van der Waals surface area contributed by atoms with Crippen molar-refractivity contribution in [3.8, 4) is 0 Å². The van der Waals surface area contributed by atoms with Crippen molar-refractivity contribution in [2.75, 3.05) is 0 Å². The predicted molar refractivity (Wildman–Crippen MR) is 81.3 cm³/mol. The van der Waals surface area contributed by atoms with E-state index in [-0.39, 0.29) is 0 Å². The topological polar surface area (TPSA) is 9.23 Å². The summed E-state index contributed by atoms with van der Waals surface area (Å²) in [5.41, 5.74) is 2.79. The molecule has 0 N–H and O–H groups in total. The van der Waals surface area contributed by atoms with Crippen LogP contribution in [0.25, 0.3) is 0 Å². The molecule has 0 bridgehead atoms. The zero-order chi connectivity index (χ0) is 13.3. The van der Waals surface area contributed by atoms with Crippen LogP contribution in [0, 0.1) is 0 Å².